The number of furan rings is 2. The van der Waals surface area contributed by atoms with Crippen LogP contribution in [0.4, 0.5) is 34.1 Å². The minimum Gasteiger partial charge on any atom is -0.456 e. The molecule has 2 aliphatic rings. The Morgan fingerprint density at radius 2 is 0.573 bits per heavy atom. The quantitative estimate of drug-likeness (QED) is 0.128. The lowest BCUT2D eigenvalue weighted by Crippen LogP contribution is -2.15. The Morgan fingerprint density at radius 1 is 0.229 bits per heavy atom. The Bertz CT molecular complexity index is 5640. The van der Waals surface area contributed by atoms with Crippen LogP contribution in [0.5, 0.6) is 0 Å². The van der Waals surface area contributed by atoms with Crippen LogP contribution in [0.15, 0.2) is 324 Å². The van der Waals surface area contributed by atoms with Gasteiger partial charge in [0, 0.05) is 44.4 Å². The lowest BCUT2D eigenvalue weighted by atomic mass is 9.79. The molecule has 2 aromatic heterocycles. The molecule has 19 rings (SSSR count). The number of hydrogen-bond acceptors (Lipinski definition) is 4. The van der Waals surface area contributed by atoms with Crippen molar-refractivity contribution in [3.8, 4) is 66.8 Å². The zero-order valence-electron chi connectivity index (χ0n) is 53.7. The van der Waals surface area contributed by atoms with E-state index in [1.54, 1.807) is 0 Å². The third-order valence-electron chi connectivity index (χ3n) is 21.1. The molecule has 0 spiro atoms. The molecule has 0 N–H and O–H groups in total. The third kappa shape index (κ3) is 8.48. The van der Waals surface area contributed by atoms with Gasteiger partial charge in [-0.1, -0.05) is 246 Å². The van der Waals surface area contributed by atoms with Crippen LogP contribution in [0, 0.1) is 0 Å². The van der Waals surface area contributed by atoms with E-state index < -0.39 is 0 Å². The number of rotatable bonds is 10. The molecule has 0 saturated carbocycles. The maximum absolute atomic E-state index is 6.70. The third-order valence-corrected chi connectivity index (χ3v) is 21.1. The molecule has 96 heavy (non-hydrogen) atoms. The van der Waals surface area contributed by atoms with Crippen LogP contribution < -0.4 is 9.80 Å². The molecule has 0 aliphatic heterocycles. The van der Waals surface area contributed by atoms with Crippen molar-refractivity contribution in [1.82, 2.24) is 0 Å². The van der Waals surface area contributed by atoms with Crippen LogP contribution >= 0.6 is 0 Å². The SMILES string of the molecule is CC1(C)c2ccccc2-c2ccc(-c3c4ccc(N(c5ccc(-c6ccccc6)cc5)c5cccc6oc7ccccc7c56)cc4c(-c4ccc5c(c4)C(C)(C)c4ccccc4-5)c4ccc(N(c5ccc(-c6ccccc6)cc5)c5cccc6oc7ccccc7c56)cc34)cc21. The molecule has 0 saturated heterocycles. The van der Waals surface area contributed by atoms with Crippen molar-refractivity contribution in [3.05, 3.63) is 338 Å². The van der Waals surface area contributed by atoms with E-state index in [1.165, 1.54) is 66.8 Å². The average molecular weight is 1230 g/mol. The van der Waals surface area contributed by atoms with Gasteiger partial charge in [-0.25, -0.2) is 0 Å². The molecule has 0 amide bonds. The highest BCUT2D eigenvalue weighted by Crippen LogP contribution is 2.56. The van der Waals surface area contributed by atoms with Gasteiger partial charge in [0.05, 0.1) is 22.1 Å². The highest BCUT2D eigenvalue weighted by atomic mass is 16.3. The molecule has 0 bridgehead atoms. The van der Waals surface area contributed by atoms with Crippen LogP contribution in [0.25, 0.3) is 132 Å². The first-order chi connectivity index (χ1) is 47.1. The summed E-state index contributed by atoms with van der Waals surface area (Å²) in [6, 6.07) is 116. The Morgan fingerprint density at radius 3 is 1.01 bits per heavy atom. The van der Waals surface area contributed by atoms with Gasteiger partial charge in [-0.3, -0.25) is 0 Å². The lowest BCUT2D eigenvalue weighted by Gasteiger charge is -2.29. The standard InChI is InChI=1S/C92H64N2O2/c1-91(2)77-29-15-11-25-67(77)69-49-41-61(53-79(69)91)87-71-51-47-66(94(64-45-39-60(40-46-64)58-23-9-6-10-24-58)82-32-20-36-86-90(82)74-28-14-18-34-84(74)96-86)56-76(71)88(62-42-50-70-68-26-12-16-30-78(68)92(3,4)80(70)54-62)72-52-48-65(55-75(72)87)93(63-43-37-59(38-44-63)57-21-7-5-8-22-57)81-31-19-35-85-89(81)73-27-13-17-33-83(73)95-85/h5-56H,1-4H3. The van der Waals surface area contributed by atoms with Gasteiger partial charge in [-0.05, 0) is 208 Å². The topological polar surface area (TPSA) is 32.8 Å². The molecule has 0 unspecified atom stereocenters. The normalized spacial score (nSPS) is 13.4. The number of hydrogen-bond donors (Lipinski definition) is 0. The van der Waals surface area contributed by atoms with E-state index >= 15 is 0 Å². The second-order valence-electron chi connectivity index (χ2n) is 27.1. The van der Waals surface area contributed by atoms with Crippen LogP contribution in [0.1, 0.15) is 49.9 Å². The van der Waals surface area contributed by atoms with Crippen LogP contribution in [-0.4, -0.2) is 0 Å². The smallest absolute Gasteiger partial charge is 0.137 e. The molecule has 4 heteroatoms. The average Bonchev–Trinajstić information content (AvgIpc) is 1.17. The highest BCUT2D eigenvalue weighted by Gasteiger charge is 2.38. The largest absolute Gasteiger partial charge is 0.456 e. The fraction of sp³-hybridized carbons (Fsp3) is 0.0652. The van der Waals surface area contributed by atoms with Gasteiger partial charge in [0.15, 0.2) is 0 Å². The zero-order valence-corrected chi connectivity index (χ0v) is 53.7. The van der Waals surface area contributed by atoms with Crippen molar-refractivity contribution >= 4 is 99.5 Å². The molecule has 4 nitrogen and oxygen atoms in total. The van der Waals surface area contributed by atoms with Crippen molar-refractivity contribution < 1.29 is 8.83 Å². The Hall–Kier alpha value is -12.0. The maximum Gasteiger partial charge on any atom is 0.137 e. The summed E-state index contributed by atoms with van der Waals surface area (Å²) >= 11 is 0. The summed E-state index contributed by atoms with van der Waals surface area (Å²) in [7, 11) is 0. The first kappa shape index (κ1) is 55.6. The molecule has 17 aromatic rings. The molecule has 2 heterocycles. The number of anilines is 6. The molecular formula is C92H64N2O2. The second-order valence-corrected chi connectivity index (χ2v) is 27.1. The van der Waals surface area contributed by atoms with Gasteiger partial charge in [-0.15, -0.1) is 0 Å². The highest BCUT2D eigenvalue weighted by molar-refractivity contribution is 6.24. The summed E-state index contributed by atoms with van der Waals surface area (Å²) in [4.78, 5) is 4.90. The van der Waals surface area contributed by atoms with Crippen molar-refractivity contribution in [1.29, 1.82) is 0 Å². The fourth-order valence-corrected chi connectivity index (χ4v) is 16.4. The maximum atomic E-state index is 6.70. The minimum atomic E-state index is -0.246. The van der Waals surface area contributed by atoms with E-state index in [9.17, 15) is 0 Å². The summed E-state index contributed by atoms with van der Waals surface area (Å²) in [6.45, 7) is 9.57. The van der Waals surface area contributed by atoms with Crippen molar-refractivity contribution in [2.45, 2.75) is 38.5 Å². The Labute approximate surface area is 557 Å². The number of fused-ring (bicyclic) bond motifs is 14. The molecule has 0 atom stereocenters. The van der Waals surface area contributed by atoms with Crippen molar-refractivity contribution in [3.63, 3.8) is 0 Å². The van der Waals surface area contributed by atoms with E-state index in [2.05, 4.69) is 353 Å². The van der Waals surface area contributed by atoms with E-state index in [0.717, 1.165) is 122 Å². The van der Waals surface area contributed by atoms with Crippen LogP contribution in [0.3, 0.4) is 0 Å². The first-order valence-electron chi connectivity index (χ1n) is 33.4. The Kier molecular flexibility index (Phi) is 12.3. The monoisotopic (exact) mass is 1230 g/mol. The summed E-state index contributed by atoms with van der Waals surface area (Å²) < 4.78 is 13.4. The molecule has 0 fully saturated rings. The van der Waals surface area contributed by atoms with Crippen molar-refractivity contribution in [2.75, 3.05) is 9.80 Å². The van der Waals surface area contributed by atoms with Gasteiger partial charge >= 0.3 is 0 Å². The number of benzene rings is 15. The Balaban J connectivity index is 0.924. The molecular weight excluding hydrogens is 1170 g/mol. The van der Waals surface area contributed by atoms with Gasteiger partial charge in [0.25, 0.3) is 0 Å². The second kappa shape index (κ2) is 21.3. The van der Waals surface area contributed by atoms with Crippen LogP contribution in [-0.2, 0) is 10.8 Å². The van der Waals surface area contributed by atoms with E-state index in [0.29, 0.717) is 0 Å². The lowest BCUT2D eigenvalue weighted by molar-refractivity contribution is 0.660. The van der Waals surface area contributed by atoms with Crippen LogP contribution in [0.2, 0.25) is 0 Å². The molecule has 0 radical (unpaired) electrons. The number of nitrogens with zero attached hydrogens (tertiary/aromatic N) is 2. The molecule has 454 valence electrons. The van der Waals surface area contributed by atoms with Gasteiger partial charge in [0.2, 0.25) is 0 Å². The fourth-order valence-electron chi connectivity index (χ4n) is 16.4. The number of para-hydroxylation sites is 2. The van der Waals surface area contributed by atoms with Gasteiger partial charge in [-0.2, -0.15) is 0 Å². The van der Waals surface area contributed by atoms with Gasteiger partial charge in [0.1, 0.15) is 22.3 Å². The summed E-state index contributed by atoms with van der Waals surface area (Å²) in [5, 5.41) is 8.88. The molecule has 15 aromatic carbocycles. The van der Waals surface area contributed by atoms with Crippen molar-refractivity contribution in [2.24, 2.45) is 0 Å². The zero-order chi connectivity index (χ0) is 64.0. The summed E-state index contributed by atoms with van der Waals surface area (Å²) in [6.07, 6.45) is 0. The summed E-state index contributed by atoms with van der Waals surface area (Å²) in [5.74, 6) is 0. The summed E-state index contributed by atoms with van der Waals surface area (Å²) in [5.41, 5.74) is 29.0. The molecule has 2 aliphatic carbocycles. The van der Waals surface area contributed by atoms with E-state index in [4.69, 9.17) is 8.83 Å². The van der Waals surface area contributed by atoms with Gasteiger partial charge < -0.3 is 18.6 Å². The van der Waals surface area contributed by atoms with E-state index in [-0.39, 0.29) is 10.8 Å². The predicted octanol–water partition coefficient (Wildman–Crippen LogP) is 26.0. The first-order valence-corrected chi connectivity index (χ1v) is 33.4. The predicted molar refractivity (Wildman–Crippen MR) is 402 cm³/mol. The van der Waals surface area contributed by atoms with E-state index in [1.807, 2.05) is 0 Å². The minimum absolute atomic E-state index is 0.246.